The average molecular weight is 282 g/mol. The lowest BCUT2D eigenvalue weighted by atomic mass is 9.86. The number of carboxylic acids is 1. The van der Waals surface area contributed by atoms with Crippen molar-refractivity contribution in [3.63, 3.8) is 0 Å². The first-order chi connectivity index (χ1) is 9.47. The van der Waals surface area contributed by atoms with E-state index in [-0.39, 0.29) is 23.5 Å². The van der Waals surface area contributed by atoms with E-state index in [9.17, 15) is 19.7 Å². The fourth-order valence-corrected chi connectivity index (χ4v) is 2.27. The van der Waals surface area contributed by atoms with Crippen LogP contribution in [0.15, 0.2) is 6.07 Å². The van der Waals surface area contributed by atoms with Crippen LogP contribution in [0.4, 0.5) is 5.82 Å². The summed E-state index contributed by atoms with van der Waals surface area (Å²) in [6, 6.07) is 0.951. The average Bonchev–Trinajstić information content (AvgIpc) is 2.89. The predicted molar refractivity (Wildman–Crippen MR) is 66.1 cm³/mol. The van der Waals surface area contributed by atoms with Crippen molar-refractivity contribution in [3.8, 4) is 0 Å². The molecule has 0 bridgehead atoms. The quantitative estimate of drug-likeness (QED) is 0.548. The molecule has 0 atom stereocenters. The second-order valence-corrected chi connectivity index (χ2v) is 4.76. The number of amides is 1. The number of aliphatic carboxylic acids is 1. The van der Waals surface area contributed by atoms with E-state index in [1.807, 2.05) is 0 Å². The number of nitrogens with zero attached hydrogens (tertiary/aromatic N) is 2. The van der Waals surface area contributed by atoms with Gasteiger partial charge in [0.05, 0.1) is 12.0 Å². The summed E-state index contributed by atoms with van der Waals surface area (Å²) in [5.74, 6) is -2.00. The number of rotatable bonds is 4. The molecule has 0 spiro atoms. The maximum Gasteiger partial charge on any atom is 0.343 e. The number of carboxylic acid groups (broad SMARTS) is 1. The highest BCUT2D eigenvalue weighted by Gasteiger charge is 2.27. The van der Waals surface area contributed by atoms with Gasteiger partial charge in [-0.3, -0.25) is 9.59 Å². The summed E-state index contributed by atoms with van der Waals surface area (Å²) in [5, 5.41) is 27.8. The van der Waals surface area contributed by atoms with Crippen LogP contribution in [0.3, 0.4) is 0 Å². The molecule has 0 aromatic carbocycles. The summed E-state index contributed by atoms with van der Waals surface area (Å²) in [7, 11) is 0. The van der Waals surface area contributed by atoms with E-state index in [1.165, 1.54) is 0 Å². The Morgan fingerprint density at radius 2 is 2.05 bits per heavy atom. The Morgan fingerprint density at radius 3 is 2.55 bits per heavy atom. The molecule has 1 aromatic rings. The molecule has 0 saturated heterocycles. The van der Waals surface area contributed by atoms with Crippen LogP contribution in [-0.4, -0.2) is 38.1 Å². The van der Waals surface area contributed by atoms with Crippen LogP contribution in [0.2, 0.25) is 0 Å². The summed E-state index contributed by atoms with van der Waals surface area (Å²) in [6.45, 7) is 0. The smallest absolute Gasteiger partial charge is 0.343 e. The van der Waals surface area contributed by atoms with Crippen molar-refractivity contribution in [2.45, 2.75) is 31.7 Å². The molecule has 9 nitrogen and oxygen atoms in total. The third kappa shape index (κ3) is 3.11. The monoisotopic (exact) mass is 282 g/mol. The highest BCUT2D eigenvalue weighted by molar-refractivity contribution is 5.92. The molecule has 1 aromatic heterocycles. The summed E-state index contributed by atoms with van der Waals surface area (Å²) in [4.78, 5) is 32.4. The zero-order chi connectivity index (χ0) is 14.7. The molecule has 0 aliphatic heterocycles. The van der Waals surface area contributed by atoms with Crippen molar-refractivity contribution in [3.05, 3.63) is 21.9 Å². The molecule has 1 fully saturated rings. The Kier molecular flexibility index (Phi) is 3.97. The Bertz CT molecular complexity index is 533. The van der Waals surface area contributed by atoms with Crippen molar-refractivity contribution in [2.24, 2.45) is 5.92 Å². The topological polar surface area (TPSA) is 138 Å². The van der Waals surface area contributed by atoms with Gasteiger partial charge >= 0.3 is 11.8 Å². The molecule has 9 heteroatoms. The van der Waals surface area contributed by atoms with Crippen LogP contribution >= 0.6 is 0 Å². The number of nitro groups is 1. The maximum absolute atomic E-state index is 11.8. The van der Waals surface area contributed by atoms with Gasteiger partial charge in [-0.05, 0) is 30.6 Å². The van der Waals surface area contributed by atoms with Crippen molar-refractivity contribution in [1.82, 2.24) is 15.5 Å². The fraction of sp³-hybridized carbons (Fsp3) is 0.545. The normalized spacial score (nSPS) is 22.2. The molecule has 1 amide bonds. The number of hydrogen-bond donors (Lipinski definition) is 3. The highest BCUT2D eigenvalue weighted by Crippen LogP contribution is 2.24. The minimum atomic E-state index is -0.808. The van der Waals surface area contributed by atoms with Gasteiger partial charge in [-0.25, -0.2) is 0 Å². The SMILES string of the molecule is O=C(NC1CCC(C(=O)O)CC1)c1cc([N+](=O)[O-])[nH]n1. The lowest BCUT2D eigenvalue weighted by Gasteiger charge is -2.26. The van der Waals surface area contributed by atoms with E-state index < -0.39 is 16.8 Å². The van der Waals surface area contributed by atoms with Crippen molar-refractivity contribution >= 4 is 17.7 Å². The van der Waals surface area contributed by atoms with Gasteiger partial charge in [0.25, 0.3) is 5.91 Å². The first-order valence-corrected chi connectivity index (χ1v) is 6.21. The van der Waals surface area contributed by atoms with Crippen LogP contribution in [0, 0.1) is 16.0 Å². The number of carbonyl (C=O) groups excluding carboxylic acids is 1. The zero-order valence-corrected chi connectivity index (χ0v) is 10.5. The largest absolute Gasteiger partial charge is 0.481 e. The van der Waals surface area contributed by atoms with E-state index in [4.69, 9.17) is 5.11 Å². The lowest BCUT2D eigenvalue weighted by Crippen LogP contribution is -2.38. The van der Waals surface area contributed by atoms with Crippen molar-refractivity contribution < 1.29 is 19.6 Å². The summed E-state index contributed by atoms with van der Waals surface area (Å²) in [5.41, 5.74) is -0.0444. The molecule has 3 N–H and O–H groups in total. The number of H-pyrrole nitrogens is 1. The lowest BCUT2D eigenvalue weighted by molar-refractivity contribution is -0.389. The van der Waals surface area contributed by atoms with Gasteiger partial charge < -0.3 is 20.5 Å². The summed E-state index contributed by atoms with van der Waals surface area (Å²) in [6.07, 6.45) is 2.19. The zero-order valence-electron chi connectivity index (χ0n) is 10.5. The van der Waals surface area contributed by atoms with Crippen molar-refractivity contribution in [2.75, 3.05) is 0 Å². The van der Waals surface area contributed by atoms with Crippen LogP contribution in [0.5, 0.6) is 0 Å². The number of hydrogen-bond acceptors (Lipinski definition) is 5. The Labute approximate surface area is 113 Å². The number of nitrogens with one attached hydrogen (secondary N) is 2. The molecule has 1 aliphatic carbocycles. The summed E-state index contributed by atoms with van der Waals surface area (Å²) >= 11 is 0. The number of aromatic amines is 1. The van der Waals surface area contributed by atoms with E-state index in [1.54, 1.807) is 0 Å². The number of aromatic nitrogens is 2. The molecule has 0 unspecified atom stereocenters. The van der Waals surface area contributed by atoms with Gasteiger partial charge in [-0.2, -0.15) is 0 Å². The standard InChI is InChI=1S/C11H14N4O5/c16-10(8-5-9(14-13-8)15(19)20)12-7-3-1-6(2-4-7)11(17)18/h5-7H,1-4H2,(H,12,16)(H,13,14)(H,17,18). The number of carbonyl (C=O) groups is 2. The van der Waals surface area contributed by atoms with E-state index in [2.05, 4.69) is 15.5 Å². The van der Waals surface area contributed by atoms with Gasteiger partial charge in [0, 0.05) is 6.04 Å². The minimum Gasteiger partial charge on any atom is -0.481 e. The molecule has 0 radical (unpaired) electrons. The second kappa shape index (κ2) is 5.68. The second-order valence-electron chi connectivity index (χ2n) is 4.76. The van der Waals surface area contributed by atoms with Crippen LogP contribution in [0.1, 0.15) is 36.2 Å². The first-order valence-electron chi connectivity index (χ1n) is 6.21. The molecule has 1 saturated carbocycles. The molecule has 2 rings (SSSR count). The first kappa shape index (κ1) is 14.0. The molecule has 20 heavy (non-hydrogen) atoms. The Morgan fingerprint density at radius 1 is 1.40 bits per heavy atom. The van der Waals surface area contributed by atoms with Crippen LogP contribution in [0.25, 0.3) is 0 Å². The Hall–Kier alpha value is -2.45. The third-order valence-electron chi connectivity index (χ3n) is 3.41. The van der Waals surface area contributed by atoms with E-state index in [0.29, 0.717) is 25.7 Å². The Balaban J connectivity index is 1.89. The predicted octanol–water partition coefficient (Wildman–Crippen LogP) is 0.691. The van der Waals surface area contributed by atoms with Gasteiger partial charge in [0.1, 0.15) is 0 Å². The van der Waals surface area contributed by atoms with Gasteiger partial charge in [-0.1, -0.05) is 5.10 Å². The fourth-order valence-electron chi connectivity index (χ4n) is 2.27. The van der Waals surface area contributed by atoms with Gasteiger partial charge in [-0.15, -0.1) is 5.10 Å². The van der Waals surface area contributed by atoms with Gasteiger partial charge in [0.15, 0.2) is 5.69 Å². The van der Waals surface area contributed by atoms with Crippen LogP contribution in [-0.2, 0) is 4.79 Å². The highest BCUT2D eigenvalue weighted by atomic mass is 16.6. The summed E-state index contributed by atoms with van der Waals surface area (Å²) < 4.78 is 0. The van der Waals surface area contributed by atoms with Crippen molar-refractivity contribution in [1.29, 1.82) is 0 Å². The van der Waals surface area contributed by atoms with Gasteiger partial charge in [0.2, 0.25) is 0 Å². The van der Waals surface area contributed by atoms with E-state index in [0.717, 1.165) is 6.07 Å². The van der Waals surface area contributed by atoms with Crippen LogP contribution < -0.4 is 5.32 Å². The molecular formula is C11H14N4O5. The third-order valence-corrected chi connectivity index (χ3v) is 3.41. The van der Waals surface area contributed by atoms with E-state index >= 15 is 0 Å². The molecule has 1 aliphatic rings. The molecule has 108 valence electrons. The minimum absolute atomic E-state index is 0.0444. The molecule has 1 heterocycles. The maximum atomic E-state index is 11.8. The molecular weight excluding hydrogens is 268 g/mol.